The van der Waals surface area contributed by atoms with Crippen LogP contribution in [0.2, 0.25) is 5.02 Å². The molecule has 0 amide bonds. The van der Waals surface area contributed by atoms with Crippen LogP contribution in [0, 0.1) is 0 Å². The van der Waals surface area contributed by atoms with Crippen molar-refractivity contribution in [3.63, 3.8) is 0 Å². The molecule has 1 N–H and O–H groups in total. The van der Waals surface area contributed by atoms with E-state index in [4.69, 9.17) is 16.3 Å². The maximum atomic E-state index is 13.3. The zero-order chi connectivity index (χ0) is 21.3. The van der Waals surface area contributed by atoms with Gasteiger partial charge in [0, 0.05) is 10.7 Å². The monoisotopic (exact) mass is 443 g/mol. The van der Waals surface area contributed by atoms with Crippen LogP contribution >= 0.6 is 11.6 Å². The van der Waals surface area contributed by atoms with Gasteiger partial charge in [-0.05, 0) is 42.5 Å². The molecule has 2 aromatic carbocycles. The van der Waals surface area contributed by atoms with Gasteiger partial charge in [0.1, 0.15) is 0 Å². The third kappa shape index (κ3) is 3.77. The van der Waals surface area contributed by atoms with E-state index in [1.807, 2.05) is 30.3 Å². The van der Waals surface area contributed by atoms with Gasteiger partial charge in [-0.3, -0.25) is 0 Å². The average molecular weight is 444 g/mol. The Labute approximate surface area is 181 Å². The molecule has 30 heavy (non-hydrogen) atoms. The first-order chi connectivity index (χ1) is 14.4. The van der Waals surface area contributed by atoms with Crippen LogP contribution in [0.4, 0.5) is 0 Å². The minimum Gasteiger partial charge on any atom is -0.466 e. The Morgan fingerprint density at radius 2 is 1.87 bits per heavy atom. The fraction of sp³-hybridized carbons (Fsp3) is 0.261. The van der Waals surface area contributed by atoms with Crippen molar-refractivity contribution < 1.29 is 17.9 Å². The smallest absolute Gasteiger partial charge is 0.336 e. The Balaban J connectivity index is 2.05. The molecule has 0 aromatic heterocycles. The number of benzene rings is 2. The van der Waals surface area contributed by atoms with Gasteiger partial charge in [0.25, 0.3) is 0 Å². The van der Waals surface area contributed by atoms with Crippen LogP contribution in [0.1, 0.15) is 36.3 Å². The minimum atomic E-state index is -3.58. The molecule has 0 aliphatic carbocycles. The Hall–Kier alpha value is -2.57. The van der Waals surface area contributed by atoms with Gasteiger partial charge in [-0.1, -0.05) is 54.1 Å². The van der Waals surface area contributed by atoms with Gasteiger partial charge in [-0.15, -0.1) is 0 Å². The number of carbonyl (C=O) groups excluding carboxylic acids is 1. The molecule has 1 atom stereocenters. The molecule has 0 saturated carbocycles. The summed E-state index contributed by atoms with van der Waals surface area (Å²) in [4.78, 5) is 13.3. The van der Waals surface area contributed by atoms with Gasteiger partial charge in [0.05, 0.1) is 35.0 Å². The molecule has 0 radical (unpaired) electrons. The zero-order valence-electron chi connectivity index (χ0n) is 16.5. The van der Waals surface area contributed by atoms with E-state index in [9.17, 15) is 13.2 Å². The normalized spacial score (nSPS) is 20.8. The SMILES string of the molecule is COC(=O)C1=C(c2ccccc2)NC2=C(C1c1cccc(Cl)c1)S(=O)(=O)CCCC2. The quantitative estimate of drug-likeness (QED) is 0.711. The molecule has 4 rings (SSSR count). The number of nitrogens with one attached hydrogen (secondary N) is 1. The number of methoxy groups -OCH3 is 1. The Kier molecular flexibility index (Phi) is 5.71. The molecule has 1 unspecified atom stereocenters. The molecule has 5 nitrogen and oxygen atoms in total. The van der Waals surface area contributed by atoms with Crippen molar-refractivity contribution in [2.45, 2.75) is 25.2 Å². The van der Waals surface area contributed by atoms with Crippen molar-refractivity contribution in [2.75, 3.05) is 12.9 Å². The number of allylic oxidation sites excluding steroid dienone is 2. The number of hydrogen-bond donors (Lipinski definition) is 1. The molecule has 0 fully saturated rings. The zero-order valence-corrected chi connectivity index (χ0v) is 18.1. The van der Waals surface area contributed by atoms with E-state index in [0.717, 1.165) is 12.0 Å². The number of halogens is 1. The van der Waals surface area contributed by atoms with Crippen LogP contribution in [-0.4, -0.2) is 27.2 Å². The van der Waals surface area contributed by atoms with Gasteiger partial charge in [0.15, 0.2) is 9.84 Å². The van der Waals surface area contributed by atoms with Gasteiger partial charge >= 0.3 is 5.97 Å². The van der Waals surface area contributed by atoms with E-state index in [1.54, 1.807) is 24.3 Å². The number of esters is 1. The molecule has 156 valence electrons. The lowest BCUT2D eigenvalue weighted by molar-refractivity contribution is -0.136. The molecule has 0 bridgehead atoms. The summed E-state index contributed by atoms with van der Waals surface area (Å²) in [6, 6.07) is 16.4. The largest absolute Gasteiger partial charge is 0.466 e. The summed E-state index contributed by atoms with van der Waals surface area (Å²) in [6.07, 6.45) is 1.92. The Morgan fingerprint density at radius 1 is 1.10 bits per heavy atom. The van der Waals surface area contributed by atoms with E-state index in [1.165, 1.54) is 7.11 Å². The van der Waals surface area contributed by atoms with Gasteiger partial charge in [-0.25, -0.2) is 13.2 Å². The molecule has 0 saturated heterocycles. The van der Waals surface area contributed by atoms with Crippen molar-refractivity contribution in [3.8, 4) is 0 Å². The summed E-state index contributed by atoms with van der Waals surface area (Å²) >= 11 is 6.24. The highest BCUT2D eigenvalue weighted by atomic mass is 35.5. The molecule has 2 aliphatic rings. The highest BCUT2D eigenvalue weighted by Crippen LogP contribution is 2.46. The first kappa shape index (κ1) is 20.7. The molecule has 2 heterocycles. The second-order valence-electron chi connectivity index (χ2n) is 7.38. The highest BCUT2D eigenvalue weighted by molar-refractivity contribution is 7.95. The molecule has 7 heteroatoms. The van der Waals surface area contributed by atoms with Crippen LogP contribution in [-0.2, 0) is 19.4 Å². The first-order valence-electron chi connectivity index (χ1n) is 9.78. The lowest BCUT2D eigenvalue weighted by Crippen LogP contribution is -2.32. The third-order valence-corrected chi connectivity index (χ3v) is 7.68. The minimum absolute atomic E-state index is 0.0553. The van der Waals surface area contributed by atoms with Crippen molar-refractivity contribution in [3.05, 3.63) is 86.9 Å². The fourth-order valence-corrected chi connectivity index (χ4v) is 6.30. The molecule has 2 aliphatic heterocycles. The lowest BCUT2D eigenvalue weighted by atomic mass is 9.84. The van der Waals surface area contributed by atoms with Crippen LogP contribution < -0.4 is 5.32 Å². The molecule has 2 aromatic rings. The summed E-state index contributed by atoms with van der Waals surface area (Å²) in [5, 5.41) is 3.77. The topological polar surface area (TPSA) is 72.5 Å². The number of rotatable bonds is 3. The fourth-order valence-electron chi connectivity index (χ4n) is 4.15. The molecular formula is C23H22ClNO4S. The second-order valence-corrected chi connectivity index (χ2v) is 9.89. The Morgan fingerprint density at radius 3 is 2.57 bits per heavy atom. The highest BCUT2D eigenvalue weighted by Gasteiger charge is 2.42. The van der Waals surface area contributed by atoms with Crippen LogP contribution in [0.5, 0.6) is 0 Å². The number of sulfone groups is 1. The van der Waals surface area contributed by atoms with Gasteiger partial charge in [-0.2, -0.15) is 0 Å². The number of hydrogen-bond acceptors (Lipinski definition) is 5. The van der Waals surface area contributed by atoms with Crippen molar-refractivity contribution in [1.29, 1.82) is 0 Å². The summed E-state index contributed by atoms with van der Waals surface area (Å²) in [7, 11) is -2.27. The lowest BCUT2D eigenvalue weighted by Gasteiger charge is -2.32. The van der Waals surface area contributed by atoms with Crippen LogP contribution in [0.15, 0.2) is 70.8 Å². The van der Waals surface area contributed by atoms with Crippen molar-refractivity contribution in [1.82, 2.24) is 5.32 Å². The summed E-state index contributed by atoms with van der Waals surface area (Å²) in [5.74, 6) is -1.30. The van der Waals surface area contributed by atoms with Gasteiger partial charge in [0.2, 0.25) is 0 Å². The number of carbonyl (C=O) groups is 1. The number of dihydropyridines is 1. The molecule has 0 spiro atoms. The summed E-state index contributed by atoms with van der Waals surface area (Å²) in [6.45, 7) is 0. The summed E-state index contributed by atoms with van der Waals surface area (Å²) in [5.41, 5.74) is 2.93. The maximum Gasteiger partial charge on any atom is 0.336 e. The summed E-state index contributed by atoms with van der Waals surface area (Å²) < 4.78 is 31.7. The molecular weight excluding hydrogens is 422 g/mol. The van der Waals surface area contributed by atoms with E-state index in [-0.39, 0.29) is 16.2 Å². The Bertz CT molecular complexity index is 1150. The standard InChI is InChI=1S/C23H22ClNO4S/c1-29-23(26)20-19(16-10-7-11-17(24)14-16)22-18(12-5-6-13-30(22,27)28)25-21(20)15-8-3-2-4-9-15/h2-4,7-11,14,19,25H,5-6,12-13H2,1H3. The van der Waals surface area contributed by atoms with Crippen LogP contribution in [0.25, 0.3) is 5.70 Å². The first-order valence-corrected chi connectivity index (χ1v) is 11.8. The van der Waals surface area contributed by atoms with E-state index < -0.39 is 21.7 Å². The van der Waals surface area contributed by atoms with Crippen molar-refractivity contribution in [2.24, 2.45) is 0 Å². The second kappa shape index (κ2) is 8.28. The third-order valence-electron chi connectivity index (χ3n) is 5.47. The van der Waals surface area contributed by atoms with Crippen molar-refractivity contribution >= 4 is 33.1 Å². The maximum absolute atomic E-state index is 13.3. The van der Waals surface area contributed by atoms with Crippen LogP contribution in [0.3, 0.4) is 0 Å². The predicted octanol–water partition coefficient (Wildman–Crippen LogP) is 4.42. The van der Waals surface area contributed by atoms with Gasteiger partial charge < -0.3 is 10.1 Å². The van der Waals surface area contributed by atoms with E-state index in [0.29, 0.717) is 34.8 Å². The predicted molar refractivity (Wildman–Crippen MR) is 117 cm³/mol. The van der Waals surface area contributed by atoms with E-state index >= 15 is 0 Å². The van der Waals surface area contributed by atoms with E-state index in [2.05, 4.69) is 5.32 Å². The number of ether oxygens (including phenoxy) is 1. The average Bonchev–Trinajstić information content (AvgIpc) is 2.90.